The van der Waals surface area contributed by atoms with Gasteiger partial charge in [-0.15, -0.1) is 22.7 Å². The van der Waals surface area contributed by atoms with Gasteiger partial charge in [0.05, 0.1) is 9.04 Å². The minimum Gasteiger partial charge on any atom is -0.477 e. The predicted molar refractivity (Wildman–Crippen MR) is 51.7 cm³/mol. The molecule has 1 N–H and O–H groups in total. The van der Waals surface area contributed by atoms with Crippen molar-refractivity contribution in [2.45, 2.75) is 0 Å². The molecule has 0 atom stereocenters. The minimum absolute atomic E-state index is 0.346. The molecule has 0 fully saturated rings. The minimum atomic E-state index is -0.889. The van der Waals surface area contributed by atoms with Crippen LogP contribution in [-0.2, 0) is 0 Å². The number of carboxylic acids is 1. The number of hydrogen-bond donors (Lipinski definition) is 1. The molecule has 2 rings (SSSR count). The van der Waals surface area contributed by atoms with Crippen molar-refractivity contribution in [2.75, 3.05) is 0 Å². The summed E-state index contributed by atoms with van der Waals surface area (Å²) in [5.74, 6) is -0.889. The van der Waals surface area contributed by atoms with Crippen LogP contribution in [0, 0.1) is 0 Å². The number of rotatable bonds is 1. The maximum atomic E-state index is 10.6. The SMILES string of the molecule is O=C(O)c1cc2c(Cl)csc2s1. The largest absolute Gasteiger partial charge is 0.477 e. The molecule has 0 aliphatic heterocycles. The van der Waals surface area contributed by atoms with Gasteiger partial charge in [0.25, 0.3) is 0 Å². The molecular formula is C7H3ClO2S2. The summed E-state index contributed by atoms with van der Waals surface area (Å²) in [5.41, 5.74) is 0. The van der Waals surface area contributed by atoms with Gasteiger partial charge >= 0.3 is 5.97 Å². The van der Waals surface area contributed by atoms with Crippen LogP contribution < -0.4 is 0 Å². The first kappa shape index (κ1) is 8.04. The normalized spacial score (nSPS) is 10.8. The van der Waals surface area contributed by atoms with Crippen LogP contribution in [0.25, 0.3) is 9.40 Å². The summed E-state index contributed by atoms with van der Waals surface area (Å²) in [6.07, 6.45) is 0. The summed E-state index contributed by atoms with van der Waals surface area (Å²) in [5, 5.41) is 12.0. The number of fused-ring (bicyclic) bond motifs is 1. The number of hydrogen-bond acceptors (Lipinski definition) is 3. The lowest BCUT2D eigenvalue weighted by Gasteiger charge is -1.81. The van der Waals surface area contributed by atoms with Crippen LogP contribution in [0.2, 0.25) is 5.02 Å². The average Bonchev–Trinajstić information content (AvgIpc) is 2.53. The number of carboxylic acid groups (broad SMARTS) is 1. The van der Waals surface area contributed by atoms with Crippen LogP contribution in [0.1, 0.15) is 9.67 Å². The molecule has 0 spiro atoms. The van der Waals surface area contributed by atoms with Crippen LogP contribution in [0.4, 0.5) is 0 Å². The molecule has 0 aliphatic carbocycles. The van der Waals surface area contributed by atoms with Crippen LogP contribution in [0.5, 0.6) is 0 Å². The molecule has 2 aromatic heterocycles. The van der Waals surface area contributed by atoms with Gasteiger partial charge < -0.3 is 5.11 Å². The van der Waals surface area contributed by atoms with Crippen molar-refractivity contribution in [1.82, 2.24) is 0 Å². The highest BCUT2D eigenvalue weighted by Crippen LogP contribution is 2.36. The lowest BCUT2D eigenvalue weighted by atomic mass is 10.4. The van der Waals surface area contributed by atoms with Crippen molar-refractivity contribution in [3.05, 3.63) is 21.3 Å². The molecule has 0 saturated carbocycles. The van der Waals surface area contributed by atoms with Gasteiger partial charge in [-0.3, -0.25) is 0 Å². The van der Waals surface area contributed by atoms with Gasteiger partial charge in [-0.25, -0.2) is 4.79 Å². The lowest BCUT2D eigenvalue weighted by molar-refractivity contribution is 0.0702. The van der Waals surface area contributed by atoms with Gasteiger partial charge in [-0.2, -0.15) is 0 Å². The smallest absolute Gasteiger partial charge is 0.345 e. The van der Waals surface area contributed by atoms with Crippen molar-refractivity contribution < 1.29 is 9.90 Å². The van der Waals surface area contributed by atoms with Crippen LogP contribution in [-0.4, -0.2) is 11.1 Å². The third-order valence-electron chi connectivity index (χ3n) is 1.44. The molecule has 0 unspecified atom stereocenters. The van der Waals surface area contributed by atoms with Gasteiger partial charge in [0.1, 0.15) is 4.88 Å². The van der Waals surface area contributed by atoms with E-state index in [4.69, 9.17) is 16.7 Å². The highest BCUT2D eigenvalue weighted by atomic mass is 35.5. The van der Waals surface area contributed by atoms with E-state index in [-0.39, 0.29) is 0 Å². The van der Waals surface area contributed by atoms with Crippen LogP contribution >= 0.6 is 34.3 Å². The quantitative estimate of drug-likeness (QED) is 0.798. The second-order valence-electron chi connectivity index (χ2n) is 2.20. The fourth-order valence-corrected chi connectivity index (χ4v) is 3.28. The number of carbonyl (C=O) groups is 1. The number of thiophene rings is 2. The second-order valence-corrected chi connectivity index (χ2v) is 4.80. The zero-order valence-corrected chi connectivity index (χ0v) is 8.09. The van der Waals surface area contributed by atoms with Crippen molar-refractivity contribution in [1.29, 1.82) is 0 Å². The maximum absolute atomic E-state index is 10.6. The monoisotopic (exact) mass is 218 g/mol. The maximum Gasteiger partial charge on any atom is 0.345 e. The highest BCUT2D eigenvalue weighted by molar-refractivity contribution is 7.38. The number of halogens is 1. The average molecular weight is 219 g/mol. The van der Waals surface area contributed by atoms with Crippen molar-refractivity contribution in [2.24, 2.45) is 0 Å². The Balaban J connectivity index is 2.70. The summed E-state index contributed by atoms with van der Waals surface area (Å²) in [6, 6.07) is 1.61. The van der Waals surface area contributed by atoms with E-state index < -0.39 is 5.97 Å². The summed E-state index contributed by atoms with van der Waals surface area (Å²) in [6.45, 7) is 0. The zero-order valence-electron chi connectivity index (χ0n) is 5.70. The third kappa shape index (κ3) is 1.12. The molecule has 2 aromatic rings. The lowest BCUT2D eigenvalue weighted by Crippen LogP contribution is -1.89. The topological polar surface area (TPSA) is 37.3 Å². The first-order valence-corrected chi connectivity index (χ1v) is 5.15. The molecule has 0 radical (unpaired) electrons. The summed E-state index contributed by atoms with van der Waals surface area (Å²) in [4.78, 5) is 10.9. The Hall–Kier alpha value is -0.580. The van der Waals surface area contributed by atoms with E-state index >= 15 is 0 Å². The third-order valence-corrected chi connectivity index (χ3v) is 4.12. The van der Waals surface area contributed by atoms with Gasteiger partial charge in [0.15, 0.2) is 0 Å². The Labute approximate surface area is 81.0 Å². The standard InChI is InChI=1S/C7H3ClO2S2/c8-4-2-11-7-3(4)1-5(12-7)6(9)10/h1-2H,(H,9,10). The Bertz CT molecular complexity index is 443. The molecule has 12 heavy (non-hydrogen) atoms. The summed E-state index contributed by atoms with van der Waals surface area (Å²) >= 11 is 8.55. The fourth-order valence-electron chi connectivity index (χ4n) is 0.902. The first-order chi connectivity index (χ1) is 5.68. The van der Waals surface area contributed by atoms with Gasteiger partial charge in [0.2, 0.25) is 0 Å². The van der Waals surface area contributed by atoms with E-state index in [1.54, 1.807) is 6.07 Å². The second kappa shape index (κ2) is 2.73. The molecule has 0 amide bonds. The Morgan fingerprint density at radius 3 is 2.92 bits per heavy atom. The molecule has 0 saturated heterocycles. The van der Waals surface area contributed by atoms with E-state index in [9.17, 15) is 4.79 Å². The molecule has 5 heteroatoms. The molecule has 2 heterocycles. The highest BCUT2D eigenvalue weighted by Gasteiger charge is 2.11. The molecule has 62 valence electrons. The molecule has 2 nitrogen and oxygen atoms in total. The predicted octanol–water partition coefficient (Wildman–Crippen LogP) is 3.31. The van der Waals surface area contributed by atoms with E-state index in [1.165, 1.54) is 22.7 Å². The number of aromatic carboxylic acids is 1. The van der Waals surface area contributed by atoms with E-state index in [1.807, 2.05) is 5.38 Å². The molecule has 0 aliphatic rings. The van der Waals surface area contributed by atoms with E-state index in [2.05, 4.69) is 0 Å². The first-order valence-electron chi connectivity index (χ1n) is 3.08. The fraction of sp³-hybridized carbons (Fsp3) is 0. The van der Waals surface area contributed by atoms with Crippen LogP contribution in [0.3, 0.4) is 0 Å². The van der Waals surface area contributed by atoms with Crippen molar-refractivity contribution >= 4 is 49.6 Å². The van der Waals surface area contributed by atoms with Gasteiger partial charge in [-0.05, 0) is 6.07 Å². The van der Waals surface area contributed by atoms with Crippen LogP contribution in [0.15, 0.2) is 11.4 Å². The summed E-state index contributed by atoms with van der Waals surface area (Å²) in [7, 11) is 0. The van der Waals surface area contributed by atoms with Gasteiger partial charge in [-0.1, -0.05) is 11.6 Å². The zero-order chi connectivity index (χ0) is 8.72. The Morgan fingerprint density at radius 1 is 1.58 bits per heavy atom. The Morgan fingerprint density at radius 2 is 2.33 bits per heavy atom. The van der Waals surface area contributed by atoms with Gasteiger partial charge in [0, 0.05) is 10.8 Å². The molecular weight excluding hydrogens is 216 g/mol. The van der Waals surface area contributed by atoms with E-state index in [0.29, 0.717) is 9.90 Å². The molecule has 0 bridgehead atoms. The van der Waals surface area contributed by atoms with Crippen molar-refractivity contribution in [3.8, 4) is 0 Å². The van der Waals surface area contributed by atoms with E-state index in [0.717, 1.165) is 9.40 Å². The Kier molecular flexibility index (Phi) is 1.83. The van der Waals surface area contributed by atoms with Crippen molar-refractivity contribution in [3.63, 3.8) is 0 Å². The summed E-state index contributed by atoms with van der Waals surface area (Å²) < 4.78 is 0.970. The molecule has 0 aromatic carbocycles.